The van der Waals surface area contributed by atoms with E-state index in [0.717, 1.165) is 25.9 Å². The van der Waals surface area contributed by atoms with Crippen molar-refractivity contribution in [2.24, 2.45) is 5.73 Å². The van der Waals surface area contributed by atoms with Crippen molar-refractivity contribution >= 4 is 0 Å². The summed E-state index contributed by atoms with van der Waals surface area (Å²) in [6.07, 6.45) is 2.55. The fourth-order valence-electron chi connectivity index (χ4n) is 1.59. The lowest BCUT2D eigenvalue weighted by Gasteiger charge is -2.29. The smallest absolute Gasteiger partial charge is 0.226 e. The Labute approximate surface area is 82.6 Å². The van der Waals surface area contributed by atoms with Gasteiger partial charge in [0, 0.05) is 13.0 Å². The van der Waals surface area contributed by atoms with E-state index in [1.165, 1.54) is 0 Å². The lowest BCUT2D eigenvalue weighted by molar-refractivity contribution is 0.0320. The van der Waals surface area contributed by atoms with Crippen LogP contribution in [0.1, 0.15) is 31.5 Å². The second kappa shape index (κ2) is 3.67. The van der Waals surface area contributed by atoms with Gasteiger partial charge in [-0.1, -0.05) is 12.1 Å². The molecule has 1 aromatic heterocycles. The monoisotopic (exact) mass is 197 g/mol. The van der Waals surface area contributed by atoms with E-state index in [4.69, 9.17) is 15.0 Å². The molecule has 78 valence electrons. The van der Waals surface area contributed by atoms with Gasteiger partial charge in [-0.05, 0) is 12.8 Å². The molecule has 1 unspecified atom stereocenters. The minimum Gasteiger partial charge on any atom is -0.379 e. The van der Waals surface area contributed by atoms with Gasteiger partial charge in [-0.2, -0.15) is 4.98 Å². The van der Waals surface area contributed by atoms with Gasteiger partial charge in [0.15, 0.2) is 5.82 Å². The molecule has 1 fully saturated rings. The van der Waals surface area contributed by atoms with Gasteiger partial charge in [0.05, 0.1) is 6.61 Å². The molecule has 5 nitrogen and oxygen atoms in total. The molecule has 0 bridgehead atoms. The molecule has 2 N–H and O–H groups in total. The first-order chi connectivity index (χ1) is 6.74. The molecule has 0 aromatic carbocycles. The van der Waals surface area contributed by atoms with Gasteiger partial charge in [-0.25, -0.2) is 0 Å². The minimum absolute atomic E-state index is 0.482. The van der Waals surface area contributed by atoms with Gasteiger partial charge in [-0.3, -0.25) is 0 Å². The van der Waals surface area contributed by atoms with Gasteiger partial charge >= 0.3 is 0 Å². The van der Waals surface area contributed by atoms with Crippen LogP contribution in [0, 0.1) is 0 Å². The summed E-state index contributed by atoms with van der Waals surface area (Å²) in [6, 6.07) is 0. The van der Waals surface area contributed by atoms with Crippen molar-refractivity contribution in [1.29, 1.82) is 0 Å². The number of ether oxygens (including phenoxy) is 1. The molecule has 5 heteroatoms. The topological polar surface area (TPSA) is 74.2 Å². The van der Waals surface area contributed by atoms with E-state index < -0.39 is 5.54 Å². The highest BCUT2D eigenvalue weighted by molar-refractivity contribution is 5.05. The van der Waals surface area contributed by atoms with Crippen LogP contribution in [0.5, 0.6) is 0 Å². The van der Waals surface area contributed by atoms with Crippen LogP contribution >= 0.6 is 0 Å². The lowest BCUT2D eigenvalue weighted by Crippen LogP contribution is -2.45. The van der Waals surface area contributed by atoms with E-state index in [1.54, 1.807) is 0 Å². The molecule has 0 saturated carbocycles. The van der Waals surface area contributed by atoms with E-state index >= 15 is 0 Å². The molecule has 2 rings (SSSR count). The number of nitrogens with two attached hydrogens (primary N) is 1. The Balaban J connectivity index is 2.19. The van der Waals surface area contributed by atoms with Crippen LogP contribution in [-0.4, -0.2) is 23.4 Å². The van der Waals surface area contributed by atoms with Crippen molar-refractivity contribution in [3.8, 4) is 0 Å². The van der Waals surface area contributed by atoms with Crippen LogP contribution in [0.25, 0.3) is 0 Å². The Morgan fingerprint density at radius 3 is 3.00 bits per heavy atom. The Morgan fingerprint density at radius 1 is 1.57 bits per heavy atom. The van der Waals surface area contributed by atoms with Crippen molar-refractivity contribution in [3.05, 3.63) is 11.7 Å². The summed E-state index contributed by atoms with van der Waals surface area (Å²) in [6.45, 7) is 3.23. The molecule has 2 heterocycles. The van der Waals surface area contributed by atoms with Crippen LogP contribution in [-0.2, 0) is 16.7 Å². The molecule has 1 aliphatic rings. The third-order valence-corrected chi connectivity index (χ3v) is 2.49. The summed E-state index contributed by atoms with van der Waals surface area (Å²) in [5.74, 6) is 1.21. The average molecular weight is 197 g/mol. The first-order valence-electron chi connectivity index (χ1n) is 4.94. The lowest BCUT2D eigenvalue weighted by atomic mass is 9.93. The van der Waals surface area contributed by atoms with Crippen molar-refractivity contribution in [1.82, 2.24) is 10.1 Å². The standard InChI is InChI=1S/C9H15N3O2/c1-2-7-11-8(12-14-7)9(10)4-3-5-13-6-9/h2-6,10H2,1H3. The third-order valence-electron chi connectivity index (χ3n) is 2.49. The molecular weight excluding hydrogens is 182 g/mol. The van der Waals surface area contributed by atoms with Gasteiger partial charge in [-0.15, -0.1) is 0 Å². The largest absolute Gasteiger partial charge is 0.379 e. The number of aromatic nitrogens is 2. The van der Waals surface area contributed by atoms with E-state index in [2.05, 4.69) is 10.1 Å². The molecule has 0 spiro atoms. The maximum absolute atomic E-state index is 6.14. The average Bonchev–Trinajstić information content (AvgIpc) is 2.67. The first-order valence-corrected chi connectivity index (χ1v) is 4.94. The van der Waals surface area contributed by atoms with E-state index in [1.807, 2.05) is 6.92 Å². The Hall–Kier alpha value is -0.940. The molecule has 1 aromatic rings. The van der Waals surface area contributed by atoms with E-state index in [0.29, 0.717) is 18.3 Å². The maximum Gasteiger partial charge on any atom is 0.226 e. The van der Waals surface area contributed by atoms with Crippen LogP contribution in [0.3, 0.4) is 0 Å². The summed E-state index contributed by atoms with van der Waals surface area (Å²) < 4.78 is 10.4. The summed E-state index contributed by atoms with van der Waals surface area (Å²) >= 11 is 0. The predicted molar refractivity (Wildman–Crippen MR) is 49.6 cm³/mol. The number of hydrogen-bond acceptors (Lipinski definition) is 5. The minimum atomic E-state index is -0.546. The van der Waals surface area contributed by atoms with Crippen molar-refractivity contribution < 1.29 is 9.26 Å². The van der Waals surface area contributed by atoms with E-state index in [-0.39, 0.29) is 0 Å². The molecule has 0 radical (unpaired) electrons. The summed E-state index contributed by atoms with van der Waals surface area (Å²) in [4.78, 5) is 4.24. The van der Waals surface area contributed by atoms with Crippen molar-refractivity contribution in [3.63, 3.8) is 0 Å². The Bertz CT molecular complexity index is 305. The van der Waals surface area contributed by atoms with Gasteiger partial charge < -0.3 is 15.0 Å². The number of rotatable bonds is 2. The third kappa shape index (κ3) is 1.65. The van der Waals surface area contributed by atoms with Crippen LogP contribution < -0.4 is 5.73 Å². The number of hydrogen-bond donors (Lipinski definition) is 1. The number of aryl methyl sites for hydroxylation is 1. The summed E-state index contributed by atoms with van der Waals surface area (Å²) in [5.41, 5.74) is 5.59. The Morgan fingerprint density at radius 2 is 2.43 bits per heavy atom. The fraction of sp³-hybridized carbons (Fsp3) is 0.778. The Kier molecular flexibility index (Phi) is 2.52. The predicted octanol–water partition coefficient (Wildman–Crippen LogP) is 0.596. The second-order valence-corrected chi connectivity index (χ2v) is 3.68. The zero-order valence-corrected chi connectivity index (χ0v) is 8.32. The highest BCUT2D eigenvalue weighted by atomic mass is 16.5. The van der Waals surface area contributed by atoms with Gasteiger partial charge in [0.25, 0.3) is 0 Å². The number of nitrogens with zero attached hydrogens (tertiary/aromatic N) is 2. The van der Waals surface area contributed by atoms with Gasteiger partial charge in [0.2, 0.25) is 5.89 Å². The molecule has 1 saturated heterocycles. The normalized spacial score (nSPS) is 27.9. The first kappa shape index (κ1) is 9.61. The molecule has 0 aliphatic carbocycles. The van der Waals surface area contributed by atoms with Gasteiger partial charge in [0.1, 0.15) is 5.54 Å². The van der Waals surface area contributed by atoms with Crippen molar-refractivity contribution in [2.75, 3.05) is 13.2 Å². The van der Waals surface area contributed by atoms with E-state index in [9.17, 15) is 0 Å². The molecule has 1 aliphatic heterocycles. The quantitative estimate of drug-likeness (QED) is 0.751. The van der Waals surface area contributed by atoms with Crippen molar-refractivity contribution in [2.45, 2.75) is 31.7 Å². The highest BCUT2D eigenvalue weighted by Gasteiger charge is 2.35. The molecule has 1 atom stereocenters. The second-order valence-electron chi connectivity index (χ2n) is 3.68. The van der Waals surface area contributed by atoms with Crippen LogP contribution in [0.4, 0.5) is 0 Å². The molecular formula is C9H15N3O2. The van der Waals surface area contributed by atoms with Crippen LogP contribution in [0.15, 0.2) is 4.52 Å². The molecule has 14 heavy (non-hydrogen) atoms. The summed E-state index contributed by atoms with van der Waals surface area (Å²) in [5, 5.41) is 3.89. The summed E-state index contributed by atoms with van der Waals surface area (Å²) in [7, 11) is 0. The molecule has 0 amide bonds. The SMILES string of the molecule is CCc1nc(C2(N)CCCOC2)no1. The van der Waals surface area contributed by atoms with Crippen LogP contribution in [0.2, 0.25) is 0 Å². The zero-order chi connectivity index (χ0) is 10.0. The fourth-order valence-corrected chi connectivity index (χ4v) is 1.59. The maximum atomic E-state index is 6.14. The zero-order valence-electron chi connectivity index (χ0n) is 8.32. The highest BCUT2D eigenvalue weighted by Crippen LogP contribution is 2.25.